The van der Waals surface area contributed by atoms with E-state index in [9.17, 15) is 24.1 Å². The summed E-state index contributed by atoms with van der Waals surface area (Å²) >= 11 is 0. The molecule has 0 aromatic rings. The quantitative estimate of drug-likeness (QED) is 0.105. The van der Waals surface area contributed by atoms with Crippen molar-refractivity contribution >= 4 is 25.2 Å². The lowest BCUT2D eigenvalue weighted by atomic mass is 9.79. The molecule has 0 aromatic carbocycles. The van der Waals surface area contributed by atoms with E-state index in [1.807, 2.05) is 13.8 Å². The summed E-state index contributed by atoms with van der Waals surface area (Å²) < 4.78 is 25.8. The fourth-order valence-electron chi connectivity index (χ4n) is 6.73. The Morgan fingerprint density at radius 2 is 1.59 bits per heavy atom. The number of ether oxygens (including phenoxy) is 1. The zero-order valence-electron chi connectivity index (χ0n) is 24.5. The maximum absolute atomic E-state index is 14.3. The highest BCUT2D eigenvalue weighted by atomic mass is 31.2. The summed E-state index contributed by atoms with van der Waals surface area (Å²) in [6, 6.07) is -0.886. The monoisotopic (exact) mass is 569 g/mol. The molecule has 0 aromatic heterocycles. The number of likely N-dealkylation sites (tertiary alicyclic amines) is 1. The summed E-state index contributed by atoms with van der Waals surface area (Å²) in [5.74, 6) is -0.764. The molecule has 3 fully saturated rings. The first-order valence-electron chi connectivity index (χ1n) is 15.6. The van der Waals surface area contributed by atoms with Crippen LogP contribution < -0.4 is 0 Å². The Kier molecular flexibility index (Phi) is 12.8. The van der Waals surface area contributed by atoms with Crippen LogP contribution in [0, 0.1) is 23.7 Å². The topological polar surface area (TPSA) is 110 Å². The van der Waals surface area contributed by atoms with Gasteiger partial charge in [-0.3, -0.25) is 18.7 Å². The van der Waals surface area contributed by atoms with E-state index in [4.69, 9.17) is 9.26 Å². The molecule has 1 amide bonds. The molecule has 2 saturated carbocycles. The summed E-state index contributed by atoms with van der Waals surface area (Å²) in [5, 5.41) is 9.94. The third-order valence-electron chi connectivity index (χ3n) is 9.09. The molecular formula is C30H52NO7P. The number of rotatable bonds is 14. The Morgan fingerprint density at radius 3 is 2.18 bits per heavy atom. The third kappa shape index (κ3) is 9.88. The van der Waals surface area contributed by atoms with E-state index in [0.717, 1.165) is 38.5 Å². The van der Waals surface area contributed by atoms with Crippen LogP contribution in [0.15, 0.2) is 0 Å². The van der Waals surface area contributed by atoms with E-state index >= 15 is 0 Å². The van der Waals surface area contributed by atoms with Gasteiger partial charge in [0.05, 0.1) is 0 Å². The number of unbranched alkanes of at least 4 members (excludes halogenated alkanes) is 1. The van der Waals surface area contributed by atoms with E-state index in [-0.39, 0.29) is 30.6 Å². The van der Waals surface area contributed by atoms with Gasteiger partial charge in [-0.05, 0) is 30.6 Å². The second-order valence-electron chi connectivity index (χ2n) is 12.6. The van der Waals surface area contributed by atoms with E-state index in [0.29, 0.717) is 31.2 Å². The second-order valence-corrected chi connectivity index (χ2v) is 15.2. The normalized spacial score (nSPS) is 25.4. The van der Waals surface area contributed by atoms with Crippen LogP contribution in [0.1, 0.15) is 117 Å². The fraction of sp³-hybridized carbons (Fsp3) is 0.900. The van der Waals surface area contributed by atoms with Crippen LogP contribution >= 0.6 is 7.37 Å². The summed E-state index contributed by atoms with van der Waals surface area (Å²) in [5.41, 5.74) is 0. The number of carbonyl (C=O) groups excluding carboxylic acids is 2. The Labute approximate surface area is 235 Å². The largest absolute Gasteiger partial charge is 0.480 e. The highest BCUT2D eigenvalue weighted by Crippen LogP contribution is 2.51. The van der Waals surface area contributed by atoms with Gasteiger partial charge in [-0.15, -0.1) is 0 Å². The summed E-state index contributed by atoms with van der Waals surface area (Å²) in [6.07, 6.45) is 14.3. The van der Waals surface area contributed by atoms with Crippen LogP contribution in [-0.2, 0) is 28.2 Å². The van der Waals surface area contributed by atoms with E-state index in [2.05, 4.69) is 0 Å². The molecule has 3 rings (SSSR count). The zero-order valence-corrected chi connectivity index (χ0v) is 25.4. The molecule has 8 nitrogen and oxygen atoms in total. The van der Waals surface area contributed by atoms with Crippen molar-refractivity contribution in [2.24, 2.45) is 23.7 Å². The molecule has 1 heterocycles. The first-order chi connectivity index (χ1) is 18.6. The number of aliphatic carboxylic acids is 1. The number of esters is 1. The molecule has 2 aliphatic carbocycles. The van der Waals surface area contributed by atoms with Gasteiger partial charge < -0.3 is 14.7 Å². The van der Waals surface area contributed by atoms with Crippen LogP contribution in [0.25, 0.3) is 0 Å². The van der Waals surface area contributed by atoms with Crippen molar-refractivity contribution in [3.05, 3.63) is 0 Å². The van der Waals surface area contributed by atoms with Gasteiger partial charge in [-0.1, -0.05) is 97.8 Å². The van der Waals surface area contributed by atoms with Gasteiger partial charge in [-0.25, -0.2) is 4.79 Å². The van der Waals surface area contributed by atoms with Crippen molar-refractivity contribution in [1.29, 1.82) is 0 Å². The van der Waals surface area contributed by atoms with Gasteiger partial charge in [0, 0.05) is 25.0 Å². The molecule has 1 aliphatic heterocycles. The molecule has 224 valence electrons. The van der Waals surface area contributed by atoms with Crippen molar-refractivity contribution < 1.29 is 33.3 Å². The minimum Gasteiger partial charge on any atom is -0.480 e. The van der Waals surface area contributed by atoms with Crippen molar-refractivity contribution in [2.75, 3.05) is 18.9 Å². The van der Waals surface area contributed by atoms with Gasteiger partial charge in [0.15, 0.2) is 0 Å². The Balaban J connectivity index is 1.70. The average Bonchev–Trinajstić information content (AvgIpc) is 3.38. The van der Waals surface area contributed by atoms with Crippen LogP contribution in [-0.4, -0.2) is 59.1 Å². The number of carboxylic acids is 1. The van der Waals surface area contributed by atoms with Gasteiger partial charge >= 0.3 is 11.9 Å². The number of carboxylic acid groups (broad SMARTS) is 1. The Hall–Kier alpha value is -1.40. The number of hydrogen-bond acceptors (Lipinski definition) is 6. The highest BCUT2D eigenvalue weighted by molar-refractivity contribution is 7.59. The molecule has 1 N–H and O–H groups in total. The van der Waals surface area contributed by atoms with E-state index in [1.54, 1.807) is 6.92 Å². The van der Waals surface area contributed by atoms with Gasteiger partial charge in [0.2, 0.25) is 19.6 Å². The van der Waals surface area contributed by atoms with Crippen molar-refractivity contribution in [1.82, 2.24) is 4.90 Å². The Morgan fingerprint density at radius 1 is 0.949 bits per heavy atom. The van der Waals surface area contributed by atoms with Crippen molar-refractivity contribution in [3.63, 3.8) is 0 Å². The van der Waals surface area contributed by atoms with Crippen LogP contribution in [0.5, 0.6) is 0 Å². The predicted molar refractivity (Wildman–Crippen MR) is 152 cm³/mol. The molecule has 3 aliphatic rings. The lowest BCUT2D eigenvalue weighted by Gasteiger charge is -2.30. The predicted octanol–water partition coefficient (Wildman–Crippen LogP) is 6.85. The number of nitrogens with zero attached hydrogens (tertiary/aromatic N) is 1. The van der Waals surface area contributed by atoms with Crippen molar-refractivity contribution in [2.45, 2.75) is 129 Å². The number of amides is 1. The molecule has 4 atom stereocenters. The van der Waals surface area contributed by atoms with E-state index < -0.39 is 37.5 Å². The molecule has 0 spiro atoms. The zero-order chi connectivity index (χ0) is 28.4. The average molecular weight is 570 g/mol. The van der Waals surface area contributed by atoms with Crippen LogP contribution in [0.2, 0.25) is 0 Å². The van der Waals surface area contributed by atoms with Crippen molar-refractivity contribution in [3.8, 4) is 0 Å². The molecule has 0 unspecified atom stereocenters. The first kappa shape index (κ1) is 32.1. The molecule has 1 saturated heterocycles. The van der Waals surface area contributed by atoms with Gasteiger partial charge in [-0.2, -0.15) is 0 Å². The van der Waals surface area contributed by atoms with Gasteiger partial charge in [0.25, 0.3) is 0 Å². The van der Waals surface area contributed by atoms with Crippen LogP contribution in [0.3, 0.4) is 0 Å². The minimum atomic E-state index is -3.54. The highest BCUT2D eigenvalue weighted by Gasteiger charge is 2.44. The SMILES string of the molecule is CCC(=O)O[C@H](O[P@@](=O)(CCCCC1CCCCC1)CC(=O)N1C[C@H](C2CCCCC2)C[C@H]1C(=O)O)C(C)C. The van der Waals surface area contributed by atoms with Gasteiger partial charge in [0.1, 0.15) is 12.2 Å². The summed E-state index contributed by atoms with van der Waals surface area (Å²) in [6.45, 7) is 5.76. The Bertz CT molecular complexity index is 850. The van der Waals surface area contributed by atoms with Crippen LogP contribution in [0.4, 0.5) is 0 Å². The smallest absolute Gasteiger partial charge is 0.326 e. The lowest BCUT2D eigenvalue weighted by Crippen LogP contribution is -2.42. The maximum atomic E-state index is 14.3. The van der Waals surface area contributed by atoms with E-state index in [1.165, 1.54) is 43.4 Å². The number of hydrogen-bond donors (Lipinski definition) is 1. The minimum absolute atomic E-state index is 0.167. The molecule has 9 heteroatoms. The number of carbonyl (C=O) groups is 3. The second kappa shape index (κ2) is 15.6. The lowest BCUT2D eigenvalue weighted by molar-refractivity contribution is -0.169. The first-order valence-corrected chi connectivity index (χ1v) is 17.6. The standard InChI is InChI=1S/C30H52NO7P/c1-4-28(33)37-30(22(2)3)38-39(36,18-12-11-15-23-13-7-5-8-14-23)21-27(32)31-20-25(19-26(31)29(34)35)24-16-9-6-10-17-24/h22-26,30H,4-21H2,1-3H3,(H,34,35)/t25-,26+,30-,39+/m1/s1. The molecular weight excluding hydrogens is 517 g/mol. The molecule has 0 radical (unpaired) electrons. The fourth-order valence-corrected chi connectivity index (χ4v) is 9.04. The summed E-state index contributed by atoms with van der Waals surface area (Å²) in [4.78, 5) is 39.3. The molecule has 39 heavy (non-hydrogen) atoms. The molecule has 0 bridgehead atoms. The maximum Gasteiger partial charge on any atom is 0.326 e. The summed E-state index contributed by atoms with van der Waals surface area (Å²) in [7, 11) is -3.54. The third-order valence-corrected chi connectivity index (χ3v) is 11.4.